The second-order valence-corrected chi connectivity index (χ2v) is 5.01. The number of aromatic nitrogens is 2. The van der Waals surface area contributed by atoms with Gasteiger partial charge in [0.25, 0.3) is 0 Å². The highest BCUT2D eigenvalue weighted by Gasteiger charge is 2.26. The minimum atomic E-state index is -0.680. The summed E-state index contributed by atoms with van der Waals surface area (Å²) in [5.74, 6) is -1.53. The molecule has 0 radical (unpaired) electrons. The van der Waals surface area contributed by atoms with Gasteiger partial charge in [-0.25, -0.2) is 14.3 Å². The van der Waals surface area contributed by atoms with Crippen LogP contribution in [0.3, 0.4) is 0 Å². The van der Waals surface area contributed by atoms with Crippen LogP contribution in [0, 0.1) is 6.92 Å². The van der Waals surface area contributed by atoms with Crippen LogP contribution in [0.5, 0.6) is 0 Å². The van der Waals surface area contributed by atoms with Crippen molar-refractivity contribution in [1.82, 2.24) is 9.78 Å². The van der Waals surface area contributed by atoms with Crippen LogP contribution in [-0.2, 0) is 9.47 Å². The lowest BCUT2D eigenvalue weighted by Gasteiger charge is -2.09. The molecule has 7 heteroatoms. The Hall–Kier alpha value is -2.96. The Bertz CT molecular complexity index is 807. The molecule has 0 atom stereocenters. The Morgan fingerprint density at radius 1 is 1.17 bits per heavy atom. The first-order valence-electron chi connectivity index (χ1n) is 7.37. The molecular weight excluding hydrogens is 312 g/mol. The van der Waals surface area contributed by atoms with Crippen molar-refractivity contribution < 1.29 is 23.9 Å². The minimum absolute atomic E-state index is 0.0680. The van der Waals surface area contributed by atoms with Gasteiger partial charge >= 0.3 is 11.9 Å². The maximum Gasteiger partial charge on any atom is 0.359 e. The number of Topliss-reactive ketones (excluding diaryl/α,β-unsaturated/α-hetero) is 1. The smallest absolute Gasteiger partial charge is 0.359 e. The second-order valence-electron chi connectivity index (χ2n) is 5.01. The number of ether oxygens (including phenoxy) is 2. The molecule has 0 aliphatic heterocycles. The molecule has 0 amide bonds. The zero-order valence-corrected chi connectivity index (χ0v) is 14.0. The van der Waals surface area contributed by atoms with E-state index in [4.69, 9.17) is 9.47 Å². The Balaban J connectivity index is 2.69. The van der Waals surface area contributed by atoms with E-state index in [9.17, 15) is 14.4 Å². The number of ketones is 1. The summed E-state index contributed by atoms with van der Waals surface area (Å²) >= 11 is 0. The Labute approximate surface area is 139 Å². The first-order chi connectivity index (χ1) is 11.4. The maximum absolute atomic E-state index is 12.1. The van der Waals surface area contributed by atoms with Crippen molar-refractivity contribution in [2.75, 3.05) is 13.7 Å². The maximum atomic E-state index is 12.1. The zero-order valence-electron chi connectivity index (χ0n) is 14.0. The third kappa shape index (κ3) is 3.05. The fourth-order valence-electron chi connectivity index (χ4n) is 2.44. The Morgan fingerprint density at radius 3 is 2.42 bits per heavy atom. The van der Waals surface area contributed by atoms with E-state index in [-0.39, 0.29) is 29.2 Å². The predicted molar refractivity (Wildman–Crippen MR) is 85.6 cm³/mol. The van der Waals surface area contributed by atoms with Crippen LogP contribution in [-0.4, -0.2) is 41.2 Å². The topological polar surface area (TPSA) is 87.5 Å². The molecule has 1 heterocycles. The van der Waals surface area contributed by atoms with Crippen molar-refractivity contribution in [3.8, 4) is 5.69 Å². The first-order valence-corrected chi connectivity index (χ1v) is 7.37. The van der Waals surface area contributed by atoms with Crippen molar-refractivity contribution in [1.29, 1.82) is 0 Å². The van der Waals surface area contributed by atoms with Crippen LogP contribution in [0.4, 0.5) is 0 Å². The van der Waals surface area contributed by atoms with Gasteiger partial charge in [0.15, 0.2) is 11.5 Å². The Morgan fingerprint density at radius 2 is 1.83 bits per heavy atom. The highest BCUT2D eigenvalue weighted by atomic mass is 16.5. The fourth-order valence-corrected chi connectivity index (χ4v) is 2.44. The number of carbonyl (C=O) groups is 3. The molecule has 2 aromatic rings. The summed E-state index contributed by atoms with van der Waals surface area (Å²) < 4.78 is 11.1. The number of hydrogen-bond acceptors (Lipinski definition) is 6. The van der Waals surface area contributed by atoms with E-state index in [0.29, 0.717) is 11.4 Å². The number of hydrogen-bond donors (Lipinski definition) is 0. The van der Waals surface area contributed by atoms with E-state index in [2.05, 4.69) is 5.10 Å². The van der Waals surface area contributed by atoms with Gasteiger partial charge in [-0.05, 0) is 32.9 Å². The number of carbonyl (C=O) groups excluding carboxylic acids is 3. The van der Waals surface area contributed by atoms with Gasteiger partial charge in [-0.3, -0.25) is 4.79 Å². The molecule has 1 aromatic heterocycles. The van der Waals surface area contributed by atoms with E-state index in [0.717, 1.165) is 0 Å². The average molecular weight is 330 g/mol. The van der Waals surface area contributed by atoms with E-state index in [1.807, 2.05) is 0 Å². The van der Waals surface area contributed by atoms with Crippen molar-refractivity contribution >= 4 is 17.7 Å². The number of esters is 2. The summed E-state index contributed by atoms with van der Waals surface area (Å²) in [4.78, 5) is 36.0. The summed E-state index contributed by atoms with van der Waals surface area (Å²) in [5.41, 5.74) is 1.24. The molecule has 0 aliphatic carbocycles. The van der Waals surface area contributed by atoms with Gasteiger partial charge in [0, 0.05) is 0 Å². The lowest BCUT2D eigenvalue weighted by molar-refractivity contribution is 0.0515. The van der Waals surface area contributed by atoms with Gasteiger partial charge in [0.1, 0.15) is 0 Å². The quantitative estimate of drug-likeness (QED) is 0.618. The van der Waals surface area contributed by atoms with Gasteiger partial charge in [0.2, 0.25) is 0 Å². The van der Waals surface area contributed by atoms with E-state index >= 15 is 0 Å². The number of methoxy groups -OCH3 is 1. The molecule has 0 bridgehead atoms. The molecule has 0 N–H and O–H groups in total. The number of benzene rings is 1. The fraction of sp³-hybridized carbons (Fsp3) is 0.294. The van der Waals surface area contributed by atoms with Gasteiger partial charge < -0.3 is 9.47 Å². The molecule has 24 heavy (non-hydrogen) atoms. The van der Waals surface area contributed by atoms with Crippen molar-refractivity contribution in [3.05, 3.63) is 46.8 Å². The summed E-state index contributed by atoms with van der Waals surface area (Å²) in [6, 6.07) is 6.65. The number of para-hydroxylation sites is 1. The highest BCUT2D eigenvalue weighted by Crippen LogP contribution is 2.22. The monoisotopic (exact) mass is 330 g/mol. The molecule has 0 saturated heterocycles. The highest BCUT2D eigenvalue weighted by molar-refractivity contribution is 6.05. The molecule has 2 rings (SSSR count). The predicted octanol–water partition coefficient (Wildman–Crippen LogP) is 2.35. The average Bonchev–Trinajstić information content (AvgIpc) is 2.92. The molecule has 0 aliphatic rings. The molecule has 0 unspecified atom stereocenters. The summed E-state index contributed by atoms with van der Waals surface area (Å²) in [6.07, 6.45) is 0. The van der Waals surface area contributed by atoms with Gasteiger partial charge in [-0.2, -0.15) is 5.10 Å². The third-order valence-corrected chi connectivity index (χ3v) is 3.47. The van der Waals surface area contributed by atoms with E-state index in [1.54, 1.807) is 38.1 Å². The number of nitrogens with zero attached hydrogens (tertiary/aromatic N) is 2. The van der Waals surface area contributed by atoms with E-state index < -0.39 is 11.9 Å². The number of rotatable bonds is 5. The van der Waals surface area contributed by atoms with Crippen LogP contribution >= 0.6 is 0 Å². The van der Waals surface area contributed by atoms with Crippen LogP contribution in [0.25, 0.3) is 5.69 Å². The lowest BCUT2D eigenvalue weighted by atomic mass is 10.1. The second kappa shape index (κ2) is 7.08. The van der Waals surface area contributed by atoms with Crippen molar-refractivity contribution in [2.45, 2.75) is 20.8 Å². The van der Waals surface area contributed by atoms with Crippen LogP contribution in [0.15, 0.2) is 24.3 Å². The standard InChI is InChI=1S/C17H18N2O5/c1-5-24-17(22)15-14(11(3)20)10(2)19(18-15)13-9-7-6-8-12(13)16(21)23-4/h6-9H,5H2,1-4H3. The lowest BCUT2D eigenvalue weighted by Crippen LogP contribution is -2.11. The van der Waals surface area contributed by atoms with Gasteiger partial charge in [0.05, 0.1) is 36.2 Å². The molecule has 0 fully saturated rings. The van der Waals surface area contributed by atoms with Gasteiger partial charge in [-0.1, -0.05) is 12.1 Å². The third-order valence-electron chi connectivity index (χ3n) is 3.47. The largest absolute Gasteiger partial charge is 0.465 e. The Kier molecular flexibility index (Phi) is 5.13. The van der Waals surface area contributed by atoms with Gasteiger partial charge in [-0.15, -0.1) is 0 Å². The summed E-state index contributed by atoms with van der Waals surface area (Å²) in [6.45, 7) is 4.84. The van der Waals surface area contributed by atoms with Crippen molar-refractivity contribution in [2.24, 2.45) is 0 Å². The molecule has 0 saturated carbocycles. The van der Waals surface area contributed by atoms with E-state index in [1.165, 1.54) is 18.7 Å². The summed E-state index contributed by atoms with van der Waals surface area (Å²) in [7, 11) is 1.28. The molecular formula is C17H18N2O5. The minimum Gasteiger partial charge on any atom is -0.465 e. The van der Waals surface area contributed by atoms with Crippen LogP contribution in [0.1, 0.15) is 50.7 Å². The van der Waals surface area contributed by atoms with Crippen LogP contribution < -0.4 is 0 Å². The van der Waals surface area contributed by atoms with Crippen molar-refractivity contribution in [3.63, 3.8) is 0 Å². The normalized spacial score (nSPS) is 10.3. The SMILES string of the molecule is CCOC(=O)c1nn(-c2ccccc2C(=O)OC)c(C)c1C(C)=O. The molecule has 126 valence electrons. The molecule has 7 nitrogen and oxygen atoms in total. The first kappa shape index (κ1) is 17.4. The molecule has 1 aromatic carbocycles. The summed E-state index contributed by atoms with van der Waals surface area (Å²) in [5, 5.41) is 4.21. The molecule has 0 spiro atoms. The van der Waals surface area contributed by atoms with Crippen LogP contribution in [0.2, 0.25) is 0 Å². The zero-order chi connectivity index (χ0) is 17.9.